The Morgan fingerprint density at radius 2 is 1.68 bits per heavy atom. The van der Waals surface area contributed by atoms with Crippen molar-refractivity contribution >= 4 is 31.7 Å². The second kappa shape index (κ2) is 9.15. The Labute approximate surface area is 218 Å². The van der Waals surface area contributed by atoms with Crippen molar-refractivity contribution in [2.45, 2.75) is 96.7 Å². The van der Waals surface area contributed by atoms with Gasteiger partial charge in [-0.25, -0.2) is 18.6 Å². The molecule has 37 heavy (non-hydrogen) atoms. The summed E-state index contributed by atoms with van der Waals surface area (Å²) in [5.74, 6) is -1.18. The summed E-state index contributed by atoms with van der Waals surface area (Å²) in [4.78, 5) is 30.7. The molecule has 4 rings (SSSR count). The lowest BCUT2D eigenvalue weighted by Gasteiger charge is -2.38. The largest absolute Gasteiger partial charge is 0.444 e. The number of likely N-dealkylation sites (tertiary alicyclic amines) is 1. The third-order valence-electron chi connectivity index (χ3n) is 8.02. The van der Waals surface area contributed by atoms with Crippen LogP contribution >= 0.6 is 0 Å². The molecule has 1 saturated heterocycles. The van der Waals surface area contributed by atoms with Gasteiger partial charge in [0.2, 0.25) is 0 Å². The van der Waals surface area contributed by atoms with Gasteiger partial charge in [-0.2, -0.15) is 0 Å². The average Bonchev–Trinajstić information content (AvgIpc) is 3.45. The fraction of sp³-hybridized carbons (Fsp3) is 0.667. The van der Waals surface area contributed by atoms with Crippen LogP contribution in [-0.2, 0) is 33.8 Å². The van der Waals surface area contributed by atoms with Crippen molar-refractivity contribution in [3.63, 3.8) is 0 Å². The molecule has 1 unspecified atom stereocenters. The van der Waals surface area contributed by atoms with Gasteiger partial charge < -0.3 is 18.5 Å². The molecule has 2 aliphatic rings. The molecule has 3 atom stereocenters. The molecule has 1 aliphatic carbocycles. The molecule has 1 amide bonds. The van der Waals surface area contributed by atoms with Crippen LogP contribution in [0.2, 0.25) is 18.1 Å². The number of aldehydes is 1. The summed E-state index contributed by atoms with van der Waals surface area (Å²) in [6, 6.07) is -0.571. The van der Waals surface area contributed by atoms with Crippen molar-refractivity contribution in [2.24, 2.45) is 13.0 Å². The Kier molecular flexibility index (Phi) is 6.85. The number of imidazole rings is 1. The first-order valence-electron chi connectivity index (χ1n) is 12.9. The second-order valence-corrected chi connectivity index (χ2v) is 17.8. The van der Waals surface area contributed by atoms with Crippen molar-refractivity contribution in [1.82, 2.24) is 14.5 Å². The Morgan fingerprint density at radius 3 is 2.22 bits per heavy atom. The second-order valence-electron chi connectivity index (χ2n) is 13.0. The van der Waals surface area contributed by atoms with E-state index in [2.05, 4.69) is 38.8 Å². The molecule has 0 spiro atoms. The van der Waals surface area contributed by atoms with E-state index in [4.69, 9.17) is 9.16 Å². The summed E-state index contributed by atoms with van der Waals surface area (Å²) >= 11 is 0. The molecule has 2 heterocycles. The van der Waals surface area contributed by atoms with Crippen molar-refractivity contribution in [3.8, 4) is 0 Å². The predicted molar refractivity (Wildman–Crippen MR) is 140 cm³/mol. The zero-order chi connectivity index (χ0) is 27.7. The molecule has 1 aromatic carbocycles. The smallest absolute Gasteiger partial charge is 0.411 e. The van der Waals surface area contributed by atoms with Gasteiger partial charge in [-0.1, -0.05) is 20.8 Å². The highest BCUT2D eigenvalue weighted by Gasteiger charge is 2.46. The van der Waals surface area contributed by atoms with Crippen LogP contribution in [0.1, 0.15) is 71.0 Å². The summed E-state index contributed by atoms with van der Waals surface area (Å²) in [7, 11) is -0.512. The number of ether oxygens (including phenoxy) is 1. The van der Waals surface area contributed by atoms with Crippen molar-refractivity contribution in [3.05, 3.63) is 28.6 Å². The number of hydrogen-bond donors (Lipinski definition) is 0. The fourth-order valence-corrected chi connectivity index (χ4v) is 6.49. The van der Waals surface area contributed by atoms with E-state index >= 15 is 8.78 Å². The van der Waals surface area contributed by atoms with Crippen LogP contribution in [0.4, 0.5) is 13.6 Å². The Bertz CT molecular complexity index is 1250. The molecular weight excluding hydrogens is 496 g/mol. The van der Waals surface area contributed by atoms with Crippen molar-refractivity contribution < 1.29 is 27.5 Å². The highest BCUT2D eigenvalue weighted by Crippen LogP contribution is 2.43. The van der Waals surface area contributed by atoms with Crippen LogP contribution in [0.25, 0.3) is 11.0 Å². The van der Waals surface area contributed by atoms with Gasteiger partial charge >= 0.3 is 6.09 Å². The lowest BCUT2D eigenvalue weighted by Crippen LogP contribution is -2.45. The number of halogens is 2. The lowest BCUT2D eigenvalue weighted by molar-refractivity contribution is -0.110. The minimum Gasteiger partial charge on any atom is -0.444 e. The molecule has 10 heteroatoms. The number of carbonyl (C=O) groups excluding carboxylic acids is 2. The van der Waals surface area contributed by atoms with Gasteiger partial charge in [0.05, 0.1) is 12.1 Å². The van der Waals surface area contributed by atoms with E-state index in [0.717, 1.165) is 6.29 Å². The van der Waals surface area contributed by atoms with Crippen LogP contribution < -0.4 is 0 Å². The highest BCUT2D eigenvalue weighted by molar-refractivity contribution is 6.74. The van der Waals surface area contributed by atoms with Gasteiger partial charge in [0.15, 0.2) is 20.0 Å². The summed E-state index contributed by atoms with van der Waals surface area (Å²) in [6.07, 6.45) is 0.767. The van der Waals surface area contributed by atoms with Crippen LogP contribution in [0.3, 0.4) is 0 Å². The molecule has 0 N–H and O–H groups in total. The molecule has 1 aliphatic heterocycles. The number of benzene rings is 1. The van der Waals surface area contributed by atoms with E-state index < -0.39 is 43.6 Å². The number of aryl methyl sites for hydroxylation is 1. The van der Waals surface area contributed by atoms with Gasteiger partial charge in [0.1, 0.15) is 28.7 Å². The standard InChI is InChI=1S/C27H39F2N3O4Si/c1-26(2,3)35-25(34)32-13-16(36-37(8,9)27(4,5)6)12-19(32)24-30-22-20(28)17-10-15(14-33)11-18(17)21(29)23(22)31(24)7/h14-16,19H,10-13H2,1-9H3/t15?,16-,19+/m1/s1. The maximum atomic E-state index is 15.7. The number of rotatable bonds is 4. The van der Waals surface area contributed by atoms with Gasteiger partial charge in [-0.3, -0.25) is 4.90 Å². The van der Waals surface area contributed by atoms with Crippen molar-refractivity contribution in [2.75, 3.05) is 6.54 Å². The Hall–Kier alpha value is -2.33. The third kappa shape index (κ3) is 4.94. The van der Waals surface area contributed by atoms with E-state index in [1.54, 1.807) is 37.3 Å². The third-order valence-corrected chi connectivity index (χ3v) is 12.6. The summed E-state index contributed by atoms with van der Waals surface area (Å²) in [5.41, 5.74) is -0.262. The Balaban J connectivity index is 1.77. The molecule has 0 bridgehead atoms. The molecule has 1 fully saturated rings. The summed E-state index contributed by atoms with van der Waals surface area (Å²) in [5, 5.41) is -0.0219. The van der Waals surface area contributed by atoms with Crippen molar-refractivity contribution in [1.29, 1.82) is 0 Å². The SMILES string of the molecule is Cn1c([C@@H]2C[C@@H](O[Si](C)(C)C(C)(C)C)CN2C(=O)OC(C)(C)C)nc2c(F)c3c(c(F)c21)CC(C=O)C3. The van der Waals surface area contributed by atoms with E-state index in [1.165, 1.54) is 0 Å². The molecule has 0 radical (unpaired) electrons. The number of fused-ring (bicyclic) bond motifs is 2. The fourth-order valence-electron chi connectivity index (χ4n) is 5.13. The first-order chi connectivity index (χ1) is 16.9. The molecule has 0 saturated carbocycles. The number of carbonyl (C=O) groups is 2. The normalized spacial score (nSPS) is 22.6. The minimum absolute atomic E-state index is 0.0219. The summed E-state index contributed by atoms with van der Waals surface area (Å²) < 4.78 is 45.1. The zero-order valence-electron chi connectivity index (χ0n) is 23.4. The van der Waals surface area contributed by atoms with E-state index in [0.29, 0.717) is 18.8 Å². The number of hydrogen-bond acceptors (Lipinski definition) is 5. The van der Waals surface area contributed by atoms with E-state index in [9.17, 15) is 9.59 Å². The van der Waals surface area contributed by atoms with E-state index in [-0.39, 0.29) is 46.1 Å². The average molecular weight is 536 g/mol. The molecular formula is C27H39F2N3O4Si. The van der Waals surface area contributed by atoms with Gasteiger partial charge in [-0.15, -0.1) is 0 Å². The monoisotopic (exact) mass is 535 g/mol. The maximum Gasteiger partial charge on any atom is 0.411 e. The first kappa shape index (κ1) is 27.7. The summed E-state index contributed by atoms with van der Waals surface area (Å²) in [6.45, 7) is 16.5. The number of amides is 1. The quantitative estimate of drug-likeness (QED) is 0.363. The first-order valence-corrected chi connectivity index (χ1v) is 15.8. The predicted octanol–water partition coefficient (Wildman–Crippen LogP) is 5.84. The van der Waals surface area contributed by atoms with Crippen LogP contribution in [0.5, 0.6) is 0 Å². The van der Waals surface area contributed by atoms with Crippen LogP contribution in [0.15, 0.2) is 0 Å². The zero-order valence-corrected chi connectivity index (χ0v) is 24.4. The lowest BCUT2D eigenvalue weighted by atomic mass is 10.1. The van der Waals surface area contributed by atoms with Gasteiger partial charge in [-0.05, 0) is 62.9 Å². The maximum absolute atomic E-state index is 15.7. The Morgan fingerprint density at radius 1 is 1.08 bits per heavy atom. The number of nitrogens with zero attached hydrogens (tertiary/aromatic N) is 3. The molecule has 204 valence electrons. The minimum atomic E-state index is -2.15. The van der Waals surface area contributed by atoms with Gasteiger partial charge in [0.25, 0.3) is 0 Å². The highest BCUT2D eigenvalue weighted by atomic mass is 28.4. The molecule has 1 aromatic heterocycles. The van der Waals surface area contributed by atoms with E-state index in [1.807, 2.05) is 0 Å². The molecule has 2 aromatic rings. The van der Waals surface area contributed by atoms with Gasteiger partial charge in [0, 0.05) is 25.9 Å². The number of aromatic nitrogens is 2. The van der Waals surface area contributed by atoms with Crippen LogP contribution in [0, 0.1) is 17.6 Å². The molecule has 7 nitrogen and oxygen atoms in total. The topological polar surface area (TPSA) is 73.7 Å². The van der Waals surface area contributed by atoms with Crippen LogP contribution in [-0.4, -0.2) is 53.4 Å².